The standard InChI is InChI=1S/C17H26N4O2S/c1-6-8-21(9-7-2)17(23)14-11(3)13-15(22)18-12(10-20(4)5)19-16(13)24-14/h6-10H2,1-5H3,(H,18,19,22). The predicted molar refractivity (Wildman–Crippen MR) is 98.9 cm³/mol. The van der Waals surface area contributed by atoms with Gasteiger partial charge >= 0.3 is 0 Å². The van der Waals surface area contributed by atoms with Gasteiger partial charge in [-0.15, -0.1) is 11.3 Å². The topological polar surface area (TPSA) is 69.3 Å². The Hall–Kier alpha value is -1.73. The summed E-state index contributed by atoms with van der Waals surface area (Å²) in [5.74, 6) is 0.629. The van der Waals surface area contributed by atoms with Crippen LogP contribution in [0.2, 0.25) is 0 Å². The summed E-state index contributed by atoms with van der Waals surface area (Å²) in [7, 11) is 3.85. The van der Waals surface area contributed by atoms with Crippen molar-refractivity contribution in [2.24, 2.45) is 0 Å². The summed E-state index contributed by atoms with van der Waals surface area (Å²) in [6.45, 7) is 7.99. The lowest BCUT2D eigenvalue weighted by atomic mass is 10.2. The summed E-state index contributed by atoms with van der Waals surface area (Å²) >= 11 is 1.33. The van der Waals surface area contributed by atoms with Crippen molar-refractivity contribution < 1.29 is 4.79 Å². The Morgan fingerprint density at radius 1 is 1.21 bits per heavy atom. The molecule has 0 saturated carbocycles. The molecule has 132 valence electrons. The third-order valence-electron chi connectivity index (χ3n) is 3.78. The third-order valence-corrected chi connectivity index (χ3v) is 4.96. The van der Waals surface area contributed by atoms with Gasteiger partial charge in [-0.1, -0.05) is 13.8 Å². The van der Waals surface area contributed by atoms with Gasteiger partial charge in [0.15, 0.2) is 0 Å². The first-order valence-corrected chi connectivity index (χ1v) is 9.16. The first-order valence-electron chi connectivity index (χ1n) is 8.35. The Balaban J connectivity index is 2.48. The maximum absolute atomic E-state index is 12.9. The van der Waals surface area contributed by atoms with E-state index in [4.69, 9.17) is 0 Å². The number of aromatic nitrogens is 2. The van der Waals surface area contributed by atoms with Crippen molar-refractivity contribution in [1.82, 2.24) is 19.8 Å². The normalized spacial score (nSPS) is 11.4. The van der Waals surface area contributed by atoms with Crippen LogP contribution in [0.3, 0.4) is 0 Å². The van der Waals surface area contributed by atoms with Crippen molar-refractivity contribution in [3.63, 3.8) is 0 Å². The lowest BCUT2D eigenvalue weighted by Gasteiger charge is -2.21. The molecule has 2 heterocycles. The summed E-state index contributed by atoms with van der Waals surface area (Å²) in [6, 6.07) is 0. The lowest BCUT2D eigenvalue weighted by molar-refractivity contribution is 0.0760. The van der Waals surface area contributed by atoms with E-state index < -0.39 is 0 Å². The molecule has 0 aliphatic carbocycles. The molecule has 0 aromatic carbocycles. The molecule has 0 aliphatic heterocycles. The highest BCUT2D eigenvalue weighted by Crippen LogP contribution is 2.28. The van der Waals surface area contributed by atoms with Crippen molar-refractivity contribution in [1.29, 1.82) is 0 Å². The number of thiophene rings is 1. The molecule has 2 rings (SSSR count). The zero-order chi connectivity index (χ0) is 17.9. The fourth-order valence-corrected chi connectivity index (χ4v) is 3.93. The number of H-pyrrole nitrogens is 1. The van der Waals surface area contributed by atoms with Crippen LogP contribution in [0.5, 0.6) is 0 Å². The molecule has 1 amide bonds. The van der Waals surface area contributed by atoms with Crippen LogP contribution in [-0.2, 0) is 6.54 Å². The van der Waals surface area contributed by atoms with E-state index in [0.29, 0.717) is 27.5 Å². The molecule has 2 aromatic rings. The SMILES string of the molecule is CCCN(CCC)C(=O)c1sc2nc(CN(C)C)[nH]c(=O)c2c1C. The van der Waals surface area contributed by atoms with Crippen molar-refractivity contribution >= 4 is 27.5 Å². The largest absolute Gasteiger partial charge is 0.338 e. The highest BCUT2D eigenvalue weighted by Gasteiger charge is 2.23. The van der Waals surface area contributed by atoms with Crippen LogP contribution in [-0.4, -0.2) is 52.9 Å². The Morgan fingerprint density at radius 3 is 2.38 bits per heavy atom. The van der Waals surface area contributed by atoms with Crippen molar-refractivity contribution in [3.05, 3.63) is 26.6 Å². The molecule has 0 saturated heterocycles. The number of carbonyl (C=O) groups excluding carboxylic acids is 1. The van der Waals surface area contributed by atoms with E-state index in [0.717, 1.165) is 31.5 Å². The summed E-state index contributed by atoms with van der Waals surface area (Å²) in [4.78, 5) is 37.8. The molecule has 0 atom stereocenters. The molecule has 0 spiro atoms. The fraction of sp³-hybridized carbons (Fsp3) is 0.588. The quantitative estimate of drug-likeness (QED) is 0.833. The number of fused-ring (bicyclic) bond motifs is 1. The minimum absolute atomic E-state index is 0.00718. The number of amides is 1. The summed E-state index contributed by atoms with van der Waals surface area (Å²) in [5.41, 5.74) is 0.574. The van der Waals surface area contributed by atoms with Gasteiger partial charge in [0.25, 0.3) is 11.5 Å². The second-order valence-corrected chi connectivity index (χ2v) is 7.28. The van der Waals surface area contributed by atoms with Gasteiger partial charge in [0.1, 0.15) is 10.7 Å². The number of nitrogens with zero attached hydrogens (tertiary/aromatic N) is 3. The van der Waals surface area contributed by atoms with Crippen LogP contribution in [0.1, 0.15) is 47.7 Å². The van der Waals surface area contributed by atoms with E-state index in [-0.39, 0.29) is 11.5 Å². The van der Waals surface area contributed by atoms with Gasteiger partial charge in [0, 0.05) is 13.1 Å². The number of hydrogen-bond acceptors (Lipinski definition) is 5. The average molecular weight is 350 g/mol. The first-order chi connectivity index (χ1) is 11.4. The second-order valence-electron chi connectivity index (χ2n) is 6.28. The van der Waals surface area contributed by atoms with Crippen molar-refractivity contribution in [2.45, 2.75) is 40.2 Å². The van der Waals surface area contributed by atoms with Gasteiger partial charge < -0.3 is 14.8 Å². The molecule has 0 aliphatic rings. The van der Waals surface area contributed by atoms with Crippen molar-refractivity contribution in [3.8, 4) is 0 Å². The Kier molecular flexibility index (Phi) is 6.12. The summed E-state index contributed by atoms with van der Waals surface area (Å²) in [6.07, 6.45) is 1.84. The first kappa shape index (κ1) is 18.6. The molecule has 0 unspecified atom stereocenters. The van der Waals surface area contributed by atoms with Gasteiger partial charge in [-0.3, -0.25) is 9.59 Å². The zero-order valence-electron chi connectivity index (χ0n) is 15.1. The van der Waals surface area contributed by atoms with E-state index in [1.807, 2.05) is 30.8 Å². The summed E-state index contributed by atoms with van der Waals surface area (Å²) in [5, 5.41) is 0.541. The average Bonchev–Trinajstić information content (AvgIpc) is 2.83. The molecular formula is C17H26N4O2S. The third kappa shape index (κ3) is 3.84. The smallest absolute Gasteiger partial charge is 0.264 e. The number of aromatic amines is 1. The number of carbonyl (C=O) groups is 1. The van der Waals surface area contributed by atoms with Gasteiger partial charge in [-0.25, -0.2) is 4.98 Å². The van der Waals surface area contributed by atoms with Gasteiger partial charge in [0.05, 0.1) is 16.8 Å². The van der Waals surface area contributed by atoms with E-state index in [2.05, 4.69) is 23.8 Å². The fourth-order valence-electron chi connectivity index (χ4n) is 2.77. The molecule has 0 radical (unpaired) electrons. The molecular weight excluding hydrogens is 324 g/mol. The van der Waals surface area contributed by atoms with E-state index >= 15 is 0 Å². The van der Waals surface area contributed by atoms with Crippen LogP contribution in [0.25, 0.3) is 10.2 Å². The number of rotatable bonds is 7. The molecule has 1 N–H and O–H groups in total. The number of hydrogen-bond donors (Lipinski definition) is 1. The molecule has 24 heavy (non-hydrogen) atoms. The minimum Gasteiger partial charge on any atom is -0.338 e. The highest BCUT2D eigenvalue weighted by atomic mass is 32.1. The maximum Gasteiger partial charge on any atom is 0.264 e. The van der Waals surface area contributed by atoms with Crippen LogP contribution in [0, 0.1) is 6.92 Å². The number of aryl methyl sites for hydroxylation is 1. The highest BCUT2D eigenvalue weighted by molar-refractivity contribution is 7.20. The molecule has 0 bridgehead atoms. The summed E-state index contributed by atoms with van der Waals surface area (Å²) < 4.78 is 0. The Morgan fingerprint density at radius 2 is 1.83 bits per heavy atom. The van der Waals surface area contributed by atoms with Gasteiger partial charge in [-0.05, 0) is 39.4 Å². The number of nitrogens with one attached hydrogen (secondary N) is 1. The van der Waals surface area contributed by atoms with Crippen LogP contribution >= 0.6 is 11.3 Å². The molecule has 0 fully saturated rings. The van der Waals surface area contributed by atoms with Crippen LogP contribution in [0.15, 0.2) is 4.79 Å². The molecule has 7 heteroatoms. The minimum atomic E-state index is -0.165. The predicted octanol–water partition coefficient (Wildman–Crippen LogP) is 2.62. The van der Waals surface area contributed by atoms with Gasteiger partial charge in [0.2, 0.25) is 0 Å². The zero-order valence-corrected chi connectivity index (χ0v) is 15.9. The van der Waals surface area contributed by atoms with E-state index in [1.165, 1.54) is 11.3 Å². The Bertz CT molecular complexity index is 773. The van der Waals surface area contributed by atoms with Crippen LogP contribution < -0.4 is 5.56 Å². The molecule has 6 nitrogen and oxygen atoms in total. The van der Waals surface area contributed by atoms with Crippen LogP contribution in [0.4, 0.5) is 0 Å². The maximum atomic E-state index is 12.9. The second kappa shape index (κ2) is 7.90. The molecule has 2 aromatic heterocycles. The van der Waals surface area contributed by atoms with E-state index in [1.54, 1.807) is 0 Å². The van der Waals surface area contributed by atoms with Crippen molar-refractivity contribution in [2.75, 3.05) is 27.2 Å². The monoisotopic (exact) mass is 350 g/mol. The lowest BCUT2D eigenvalue weighted by Crippen LogP contribution is -2.32. The van der Waals surface area contributed by atoms with E-state index in [9.17, 15) is 9.59 Å². The Labute approximate surface area is 146 Å². The van der Waals surface area contributed by atoms with Gasteiger partial charge in [-0.2, -0.15) is 0 Å².